The van der Waals surface area contributed by atoms with Crippen molar-refractivity contribution in [3.63, 3.8) is 0 Å². The van der Waals surface area contributed by atoms with Crippen LogP contribution >= 0.6 is 0 Å². The van der Waals surface area contributed by atoms with Crippen LogP contribution in [-0.2, 0) is 14.3 Å². The second kappa shape index (κ2) is 6.12. The Morgan fingerprint density at radius 3 is 2.47 bits per heavy atom. The summed E-state index contributed by atoms with van der Waals surface area (Å²) in [7, 11) is 0. The Kier molecular flexibility index (Phi) is 5.25. The van der Waals surface area contributed by atoms with Crippen LogP contribution < -0.4 is 5.32 Å². The fourth-order valence-corrected chi connectivity index (χ4v) is 1.89. The lowest BCUT2D eigenvalue weighted by molar-refractivity contribution is -0.353. The van der Waals surface area contributed by atoms with Gasteiger partial charge in [-0.2, -0.15) is 0 Å². The van der Waals surface area contributed by atoms with E-state index in [4.69, 9.17) is 14.6 Å². The SMILES string of the molecule is CC(=O)N[C@]1(O)[C@@H](OC(C)C)O[C@H](CO)[C@H](O)[C@@H]1O. The van der Waals surface area contributed by atoms with Crippen LogP contribution in [0.1, 0.15) is 20.8 Å². The molecule has 0 saturated carbocycles. The number of amides is 1. The summed E-state index contributed by atoms with van der Waals surface area (Å²) in [4.78, 5) is 11.1. The summed E-state index contributed by atoms with van der Waals surface area (Å²) in [6, 6.07) is 0. The molecule has 1 aliphatic rings. The smallest absolute Gasteiger partial charge is 0.219 e. The number of aliphatic hydroxyl groups is 4. The number of hydrogen-bond acceptors (Lipinski definition) is 7. The van der Waals surface area contributed by atoms with E-state index in [9.17, 15) is 20.1 Å². The first kappa shape index (κ1) is 16.3. The molecule has 1 fully saturated rings. The van der Waals surface area contributed by atoms with Crippen LogP contribution in [0, 0.1) is 0 Å². The zero-order valence-corrected chi connectivity index (χ0v) is 11.1. The molecule has 112 valence electrons. The van der Waals surface area contributed by atoms with Crippen LogP contribution in [-0.4, -0.2) is 69.4 Å². The molecule has 0 aromatic carbocycles. The standard InChI is InChI=1S/C11H21NO7/c1-5(2)18-10-11(17,12-6(3)14)9(16)8(15)7(4-13)19-10/h5,7-10,13,15-17H,4H2,1-3H3,(H,12,14)/t7-,8+,9+,10+,11-/m1/s1. The van der Waals surface area contributed by atoms with Gasteiger partial charge in [-0.25, -0.2) is 0 Å². The largest absolute Gasteiger partial charge is 0.394 e. The van der Waals surface area contributed by atoms with Crippen molar-refractivity contribution in [1.29, 1.82) is 0 Å². The number of hydrogen-bond donors (Lipinski definition) is 5. The van der Waals surface area contributed by atoms with Crippen molar-refractivity contribution in [1.82, 2.24) is 5.32 Å². The zero-order valence-electron chi connectivity index (χ0n) is 11.1. The molecule has 5 N–H and O–H groups in total. The normalized spacial score (nSPS) is 39.4. The highest BCUT2D eigenvalue weighted by Gasteiger charge is 2.56. The molecule has 19 heavy (non-hydrogen) atoms. The minimum Gasteiger partial charge on any atom is -0.394 e. The molecule has 0 spiro atoms. The summed E-state index contributed by atoms with van der Waals surface area (Å²) in [5.74, 6) is -0.628. The van der Waals surface area contributed by atoms with Crippen molar-refractivity contribution in [2.45, 2.75) is 57.2 Å². The Balaban J connectivity index is 3.02. The topological polar surface area (TPSA) is 128 Å². The lowest BCUT2D eigenvalue weighted by Crippen LogP contribution is -2.73. The van der Waals surface area contributed by atoms with Crippen molar-refractivity contribution in [3.8, 4) is 0 Å². The first-order valence-electron chi connectivity index (χ1n) is 6.01. The summed E-state index contributed by atoms with van der Waals surface area (Å²) in [6.07, 6.45) is -6.22. The first-order chi connectivity index (χ1) is 8.72. The summed E-state index contributed by atoms with van der Waals surface area (Å²) in [5.41, 5.74) is -2.29. The molecule has 0 aromatic heterocycles. The van der Waals surface area contributed by atoms with E-state index in [1.165, 1.54) is 0 Å². The van der Waals surface area contributed by atoms with Crippen molar-refractivity contribution in [2.75, 3.05) is 6.61 Å². The molecular formula is C11H21NO7. The Bertz CT molecular complexity index is 324. The quantitative estimate of drug-likeness (QED) is 0.365. The fourth-order valence-electron chi connectivity index (χ4n) is 1.89. The van der Waals surface area contributed by atoms with Crippen LogP contribution in [0.15, 0.2) is 0 Å². The van der Waals surface area contributed by atoms with E-state index in [1.807, 2.05) is 0 Å². The Labute approximate surface area is 110 Å². The molecule has 0 radical (unpaired) electrons. The number of ether oxygens (including phenoxy) is 2. The maximum absolute atomic E-state index is 11.1. The second-order valence-electron chi connectivity index (χ2n) is 4.82. The lowest BCUT2D eigenvalue weighted by atomic mass is 9.93. The summed E-state index contributed by atoms with van der Waals surface area (Å²) in [5, 5.41) is 41.2. The number of rotatable bonds is 4. The zero-order chi connectivity index (χ0) is 14.8. The van der Waals surface area contributed by atoms with Crippen molar-refractivity contribution in [3.05, 3.63) is 0 Å². The van der Waals surface area contributed by atoms with Crippen molar-refractivity contribution >= 4 is 5.91 Å². The fraction of sp³-hybridized carbons (Fsp3) is 0.909. The third-order valence-corrected chi connectivity index (χ3v) is 2.77. The average Bonchev–Trinajstić information content (AvgIpc) is 2.29. The van der Waals surface area contributed by atoms with Gasteiger partial charge in [0.2, 0.25) is 17.9 Å². The summed E-state index contributed by atoms with van der Waals surface area (Å²) >= 11 is 0. The number of aliphatic hydroxyl groups excluding tert-OH is 3. The van der Waals surface area contributed by atoms with E-state index in [1.54, 1.807) is 13.8 Å². The molecule has 0 aliphatic carbocycles. The minimum absolute atomic E-state index is 0.368. The van der Waals surface area contributed by atoms with Gasteiger partial charge in [0.1, 0.15) is 18.3 Å². The number of carbonyl (C=O) groups excluding carboxylic acids is 1. The molecule has 0 bridgehead atoms. The van der Waals surface area contributed by atoms with Gasteiger partial charge in [-0.05, 0) is 13.8 Å². The van der Waals surface area contributed by atoms with Crippen molar-refractivity contribution < 1.29 is 34.7 Å². The van der Waals surface area contributed by atoms with Gasteiger partial charge in [0.05, 0.1) is 12.7 Å². The molecule has 5 atom stereocenters. The van der Waals surface area contributed by atoms with E-state index in [2.05, 4.69) is 5.32 Å². The van der Waals surface area contributed by atoms with Gasteiger partial charge in [0, 0.05) is 6.92 Å². The van der Waals surface area contributed by atoms with Gasteiger partial charge in [-0.1, -0.05) is 0 Å². The molecule has 1 amide bonds. The molecule has 1 saturated heterocycles. The van der Waals surface area contributed by atoms with E-state index in [0.29, 0.717) is 0 Å². The highest BCUT2D eigenvalue weighted by molar-refractivity contribution is 5.73. The Morgan fingerprint density at radius 1 is 1.47 bits per heavy atom. The van der Waals surface area contributed by atoms with Crippen molar-refractivity contribution in [2.24, 2.45) is 0 Å². The van der Waals surface area contributed by atoms with E-state index in [0.717, 1.165) is 6.92 Å². The van der Waals surface area contributed by atoms with Gasteiger partial charge in [-0.15, -0.1) is 0 Å². The van der Waals surface area contributed by atoms with Crippen LogP contribution in [0.25, 0.3) is 0 Å². The van der Waals surface area contributed by atoms with E-state index >= 15 is 0 Å². The highest BCUT2D eigenvalue weighted by atomic mass is 16.7. The monoisotopic (exact) mass is 279 g/mol. The molecule has 8 heteroatoms. The maximum Gasteiger partial charge on any atom is 0.219 e. The molecule has 8 nitrogen and oxygen atoms in total. The highest BCUT2D eigenvalue weighted by Crippen LogP contribution is 2.29. The number of nitrogens with one attached hydrogen (secondary N) is 1. The van der Waals surface area contributed by atoms with Crippen LogP contribution in [0.5, 0.6) is 0 Å². The Hall–Kier alpha value is -0.770. The molecule has 1 heterocycles. The first-order valence-corrected chi connectivity index (χ1v) is 6.01. The lowest BCUT2D eigenvalue weighted by Gasteiger charge is -2.47. The van der Waals surface area contributed by atoms with Gasteiger partial charge in [0.15, 0.2) is 0 Å². The van der Waals surface area contributed by atoms with Gasteiger partial charge in [0.25, 0.3) is 0 Å². The van der Waals surface area contributed by atoms with Crippen LogP contribution in [0.4, 0.5) is 0 Å². The molecule has 1 rings (SSSR count). The van der Waals surface area contributed by atoms with Crippen LogP contribution in [0.3, 0.4) is 0 Å². The van der Waals surface area contributed by atoms with Gasteiger partial charge in [-0.3, -0.25) is 4.79 Å². The molecular weight excluding hydrogens is 258 g/mol. The predicted molar refractivity (Wildman–Crippen MR) is 62.7 cm³/mol. The molecule has 0 unspecified atom stereocenters. The molecule has 1 aliphatic heterocycles. The predicted octanol–water partition coefficient (Wildman–Crippen LogP) is -2.32. The van der Waals surface area contributed by atoms with E-state index < -0.39 is 42.8 Å². The maximum atomic E-state index is 11.1. The minimum atomic E-state index is -2.29. The Morgan fingerprint density at radius 2 is 2.05 bits per heavy atom. The third kappa shape index (κ3) is 3.41. The second-order valence-corrected chi connectivity index (χ2v) is 4.82. The molecule has 0 aromatic rings. The number of carbonyl (C=O) groups is 1. The summed E-state index contributed by atoms with van der Waals surface area (Å²) in [6.45, 7) is 3.92. The van der Waals surface area contributed by atoms with E-state index in [-0.39, 0.29) is 6.10 Å². The average molecular weight is 279 g/mol. The summed E-state index contributed by atoms with van der Waals surface area (Å²) < 4.78 is 10.5. The van der Waals surface area contributed by atoms with Gasteiger partial charge < -0.3 is 35.2 Å². The van der Waals surface area contributed by atoms with Crippen LogP contribution in [0.2, 0.25) is 0 Å². The third-order valence-electron chi connectivity index (χ3n) is 2.77. The van der Waals surface area contributed by atoms with Gasteiger partial charge >= 0.3 is 0 Å².